The number of hydrogen-bond acceptors (Lipinski definition) is 4. The molecule has 0 unspecified atom stereocenters. The Kier molecular flexibility index (Phi) is 5.74. The molecule has 7 heteroatoms. The lowest BCUT2D eigenvalue weighted by molar-refractivity contribution is 0.174. The minimum atomic E-state index is -0.219. The minimum Gasteiger partial charge on any atom is -0.487 e. The molecule has 0 saturated carbocycles. The van der Waals surface area contributed by atoms with Crippen molar-refractivity contribution < 1.29 is 18.6 Å². The third kappa shape index (κ3) is 3.79. The Morgan fingerprint density at radius 3 is 2.71 bits per heavy atom. The van der Waals surface area contributed by atoms with E-state index in [0.717, 1.165) is 39.4 Å². The molecule has 2 aromatic heterocycles. The van der Waals surface area contributed by atoms with Crippen LogP contribution in [-0.4, -0.2) is 16.3 Å². The fraction of sp³-hybridized carbons (Fsp3) is 0.208. The number of rotatable bonds is 5. The number of fused-ring (bicyclic) bond motifs is 2. The van der Waals surface area contributed by atoms with Gasteiger partial charge in [0.1, 0.15) is 23.7 Å². The fourth-order valence-corrected chi connectivity index (χ4v) is 3.82. The van der Waals surface area contributed by atoms with E-state index in [0.29, 0.717) is 24.5 Å². The van der Waals surface area contributed by atoms with E-state index in [-0.39, 0.29) is 25.0 Å². The molecule has 31 heavy (non-hydrogen) atoms. The molecule has 2 aromatic carbocycles. The third-order valence-corrected chi connectivity index (χ3v) is 5.58. The van der Waals surface area contributed by atoms with Crippen LogP contribution in [0.1, 0.15) is 22.4 Å². The number of halogens is 2. The van der Waals surface area contributed by atoms with Crippen LogP contribution in [0.15, 0.2) is 54.7 Å². The molecule has 5 rings (SSSR count). The highest BCUT2D eigenvalue weighted by molar-refractivity contribution is 5.86. The molecule has 0 spiro atoms. The Morgan fingerprint density at radius 1 is 1.06 bits per heavy atom. The Hall–Kier alpha value is -3.25. The first kappa shape index (κ1) is 21.0. The van der Waals surface area contributed by atoms with Gasteiger partial charge in [-0.3, -0.25) is 4.98 Å². The van der Waals surface area contributed by atoms with E-state index in [1.165, 1.54) is 6.07 Å². The highest BCUT2D eigenvalue weighted by atomic mass is 35.5. The highest BCUT2D eigenvalue weighted by Gasteiger charge is 2.18. The van der Waals surface area contributed by atoms with E-state index < -0.39 is 0 Å². The van der Waals surface area contributed by atoms with Crippen molar-refractivity contribution in [3.05, 3.63) is 82.9 Å². The van der Waals surface area contributed by atoms with Crippen LogP contribution in [-0.2, 0) is 13.2 Å². The standard InChI is InChI=1S/C24H21FN2O3.ClH/c1-15-16(2)27(12-18-5-3-4-6-19(18)25)24-21(9-10-26-23(15)24)28-13-17-7-8-20-22(11-17)30-14-29-20;/h3-11H,12-14H2,1-2H3;1H. The molecular weight excluding hydrogens is 419 g/mol. The highest BCUT2D eigenvalue weighted by Crippen LogP contribution is 2.34. The molecule has 0 amide bonds. The van der Waals surface area contributed by atoms with Crippen molar-refractivity contribution in [3.63, 3.8) is 0 Å². The van der Waals surface area contributed by atoms with Gasteiger partial charge in [0, 0.05) is 23.5 Å². The van der Waals surface area contributed by atoms with E-state index in [1.807, 2.05) is 44.2 Å². The normalized spacial score (nSPS) is 12.1. The number of hydrogen-bond donors (Lipinski definition) is 0. The largest absolute Gasteiger partial charge is 0.487 e. The molecule has 0 N–H and O–H groups in total. The van der Waals surface area contributed by atoms with Crippen molar-refractivity contribution in [2.45, 2.75) is 27.0 Å². The first-order valence-electron chi connectivity index (χ1n) is 9.81. The first-order chi connectivity index (χ1) is 14.6. The molecule has 1 aliphatic heterocycles. The number of nitrogens with zero attached hydrogens (tertiary/aromatic N) is 2. The first-order valence-corrected chi connectivity index (χ1v) is 9.81. The minimum absolute atomic E-state index is 0. The lowest BCUT2D eigenvalue weighted by atomic mass is 10.2. The van der Waals surface area contributed by atoms with Crippen LogP contribution in [0.5, 0.6) is 17.2 Å². The number of ether oxygens (including phenoxy) is 3. The Morgan fingerprint density at radius 2 is 1.87 bits per heavy atom. The summed E-state index contributed by atoms with van der Waals surface area (Å²) in [6.45, 7) is 5.09. The monoisotopic (exact) mass is 440 g/mol. The molecule has 160 valence electrons. The van der Waals surface area contributed by atoms with Crippen LogP contribution >= 0.6 is 12.4 Å². The summed E-state index contributed by atoms with van der Waals surface area (Å²) < 4.78 is 33.4. The van der Waals surface area contributed by atoms with Crippen LogP contribution in [0.25, 0.3) is 11.0 Å². The molecule has 0 atom stereocenters. The summed E-state index contributed by atoms with van der Waals surface area (Å²) in [4.78, 5) is 4.56. The van der Waals surface area contributed by atoms with Gasteiger partial charge in [0.05, 0.1) is 12.1 Å². The summed E-state index contributed by atoms with van der Waals surface area (Å²) in [5, 5.41) is 0. The second kappa shape index (κ2) is 8.47. The molecule has 0 aliphatic carbocycles. The van der Waals surface area contributed by atoms with E-state index in [2.05, 4.69) is 9.55 Å². The maximum absolute atomic E-state index is 14.3. The average Bonchev–Trinajstić information content (AvgIpc) is 3.32. The van der Waals surface area contributed by atoms with Gasteiger partial charge in [0.15, 0.2) is 11.5 Å². The predicted octanol–water partition coefficient (Wildman–Crippen LogP) is 5.57. The maximum atomic E-state index is 14.3. The lowest BCUT2D eigenvalue weighted by Gasteiger charge is -2.13. The second-order valence-corrected chi connectivity index (χ2v) is 7.37. The molecule has 4 aromatic rings. The second-order valence-electron chi connectivity index (χ2n) is 7.37. The zero-order valence-corrected chi connectivity index (χ0v) is 18.0. The van der Waals surface area contributed by atoms with Gasteiger partial charge in [-0.05, 0) is 43.2 Å². The Labute approximate surface area is 185 Å². The molecule has 0 fully saturated rings. The van der Waals surface area contributed by atoms with Crippen molar-refractivity contribution >= 4 is 23.4 Å². The summed E-state index contributed by atoms with van der Waals surface area (Å²) in [6, 6.07) is 14.5. The number of benzene rings is 2. The summed E-state index contributed by atoms with van der Waals surface area (Å²) >= 11 is 0. The van der Waals surface area contributed by atoms with E-state index in [1.54, 1.807) is 18.3 Å². The molecule has 0 saturated heterocycles. The molecular formula is C24H22ClFN2O3. The summed E-state index contributed by atoms with van der Waals surface area (Å²) in [6.07, 6.45) is 1.75. The van der Waals surface area contributed by atoms with Crippen molar-refractivity contribution in [3.8, 4) is 17.2 Å². The summed E-state index contributed by atoms with van der Waals surface area (Å²) in [5.41, 5.74) is 5.45. The third-order valence-electron chi connectivity index (χ3n) is 5.58. The smallest absolute Gasteiger partial charge is 0.231 e. The van der Waals surface area contributed by atoms with Gasteiger partial charge < -0.3 is 18.8 Å². The molecule has 0 bridgehead atoms. The maximum Gasteiger partial charge on any atom is 0.231 e. The average molecular weight is 441 g/mol. The van der Waals surface area contributed by atoms with Crippen LogP contribution in [0.4, 0.5) is 4.39 Å². The van der Waals surface area contributed by atoms with Crippen LogP contribution in [0.2, 0.25) is 0 Å². The molecule has 1 aliphatic rings. The van der Waals surface area contributed by atoms with Crippen LogP contribution in [0.3, 0.4) is 0 Å². The Bertz CT molecular complexity index is 1260. The van der Waals surface area contributed by atoms with Gasteiger partial charge in [-0.15, -0.1) is 12.4 Å². The van der Waals surface area contributed by atoms with Gasteiger partial charge in [-0.25, -0.2) is 4.39 Å². The SMILES string of the molecule is Cc1c(C)n(Cc2ccccc2F)c2c(OCc3ccc4c(c3)OCO4)ccnc12.Cl. The quantitative estimate of drug-likeness (QED) is 0.407. The van der Waals surface area contributed by atoms with Gasteiger partial charge >= 0.3 is 0 Å². The van der Waals surface area contributed by atoms with Crippen molar-refractivity contribution in [2.24, 2.45) is 0 Å². The van der Waals surface area contributed by atoms with Gasteiger partial charge in [-0.2, -0.15) is 0 Å². The predicted molar refractivity (Wildman–Crippen MR) is 119 cm³/mol. The number of pyridine rings is 1. The molecule has 3 heterocycles. The van der Waals surface area contributed by atoms with Crippen molar-refractivity contribution in [2.75, 3.05) is 6.79 Å². The fourth-order valence-electron chi connectivity index (χ4n) is 3.82. The van der Waals surface area contributed by atoms with E-state index >= 15 is 0 Å². The molecule has 0 radical (unpaired) electrons. The number of aromatic nitrogens is 2. The summed E-state index contributed by atoms with van der Waals surface area (Å²) in [5.74, 6) is 1.97. The van der Waals surface area contributed by atoms with Crippen molar-refractivity contribution in [1.29, 1.82) is 0 Å². The molecule has 5 nitrogen and oxygen atoms in total. The zero-order chi connectivity index (χ0) is 20.7. The van der Waals surface area contributed by atoms with E-state index in [4.69, 9.17) is 14.2 Å². The summed E-state index contributed by atoms with van der Waals surface area (Å²) in [7, 11) is 0. The van der Waals surface area contributed by atoms with Crippen molar-refractivity contribution in [1.82, 2.24) is 9.55 Å². The van der Waals surface area contributed by atoms with Crippen LogP contribution in [0, 0.1) is 19.7 Å². The lowest BCUT2D eigenvalue weighted by Crippen LogP contribution is -2.05. The van der Waals surface area contributed by atoms with Gasteiger partial charge in [0.25, 0.3) is 0 Å². The zero-order valence-electron chi connectivity index (χ0n) is 17.2. The van der Waals surface area contributed by atoms with Gasteiger partial charge in [0.2, 0.25) is 6.79 Å². The number of aryl methyl sites for hydroxylation is 1. The Balaban J connectivity index is 0.00000231. The van der Waals surface area contributed by atoms with E-state index in [9.17, 15) is 4.39 Å². The van der Waals surface area contributed by atoms with Gasteiger partial charge in [-0.1, -0.05) is 24.3 Å². The topological polar surface area (TPSA) is 45.5 Å². The van der Waals surface area contributed by atoms with Crippen LogP contribution < -0.4 is 14.2 Å².